The summed E-state index contributed by atoms with van der Waals surface area (Å²) >= 11 is 5.80. The maximum absolute atomic E-state index is 14.2. The van der Waals surface area contributed by atoms with Crippen molar-refractivity contribution in [3.63, 3.8) is 0 Å². The zero-order chi connectivity index (χ0) is 25.5. The molecule has 3 aromatic rings. The second kappa shape index (κ2) is 9.33. The average molecular weight is 540 g/mol. The zero-order valence-electron chi connectivity index (χ0n) is 18.5. The van der Waals surface area contributed by atoms with Gasteiger partial charge in [0.05, 0.1) is 26.1 Å². The Labute approximate surface area is 207 Å². The fourth-order valence-electron chi connectivity index (χ4n) is 3.99. The van der Waals surface area contributed by atoms with Crippen LogP contribution in [0.5, 0.6) is 0 Å². The molecule has 11 heteroatoms. The summed E-state index contributed by atoms with van der Waals surface area (Å²) in [4.78, 5) is 12.6. The molecule has 0 bridgehead atoms. The number of halogens is 3. The van der Waals surface area contributed by atoms with Crippen LogP contribution in [-0.4, -0.2) is 35.4 Å². The first-order valence-corrected chi connectivity index (χ1v) is 14.2. The molecule has 0 N–H and O–H groups in total. The van der Waals surface area contributed by atoms with Crippen LogP contribution >= 0.6 is 11.6 Å². The highest BCUT2D eigenvalue weighted by Gasteiger charge is 2.30. The summed E-state index contributed by atoms with van der Waals surface area (Å²) in [6.07, 6.45) is 1.90. The van der Waals surface area contributed by atoms with Gasteiger partial charge in [0.25, 0.3) is 10.0 Å². The molecular weight excluding hydrogens is 520 g/mol. The topological polar surface area (TPSA) is 88.6 Å². The molecule has 1 heterocycles. The Morgan fingerprint density at radius 3 is 2.23 bits per heavy atom. The van der Waals surface area contributed by atoms with E-state index in [1.165, 1.54) is 28.6 Å². The predicted molar refractivity (Wildman–Crippen MR) is 128 cm³/mol. The number of nitrogens with zero attached hydrogens (tertiary/aromatic N) is 1. The van der Waals surface area contributed by atoms with E-state index in [9.17, 15) is 30.4 Å². The van der Waals surface area contributed by atoms with Crippen LogP contribution in [0.25, 0.3) is 0 Å². The molecule has 1 aliphatic heterocycles. The number of sulfone groups is 1. The lowest BCUT2D eigenvalue weighted by atomic mass is 9.97. The number of fused-ring (bicyclic) bond motifs is 1. The largest absolute Gasteiger partial charge is 0.294 e. The minimum Gasteiger partial charge on any atom is -0.294 e. The summed E-state index contributed by atoms with van der Waals surface area (Å²) in [5, 5.41) is -0.602. The number of carbonyl (C=O) groups is 1. The van der Waals surface area contributed by atoms with E-state index >= 15 is 0 Å². The van der Waals surface area contributed by atoms with E-state index in [4.69, 9.17) is 11.6 Å². The lowest BCUT2D eigenvalue weighted by Crippen LogP contribution is -2.35. The van der Waals surface area contributed by atoms with E-state index in [1.54, 1.807) is 18.2 Å². The van der Waals surface area contributed by atoms with E-state index < -0.39 is 47.9 Å². The summed E-state index contributed by atoms with van der Waals surface area (Å²) in [5.41, 5.74) is 0.973. The smallest absolute Gasteiger partial charge is 0.264 e. The predicted octanol–water partition coefficient (Wildman–Crippen LogP) is 4.59. The molecule has 0 aliphatic carbocycles. The van der Waals surface area contributed by atoms with Crippen LogP contribution in [0.1, 0.15) is 27.9 Å². The monoisotopic (exact) mass is 539 g/mol. The number of aryl methyl sites for hydroxylation is 1. The number of hydrogen-bond acceptors (Lipinski definition) is 5. The van der Waals surface area contributed by atoms with Gasteiger partial charge < -0.3 is 0 Å². The summed E-state index contributed by atoms with van der Waals surface area (Å²) in [6.45, 7) is 0.185. The number of carbonyl (C=O) groups excluding carboxylic acids is 1. The SMILES string of the molecule is CS(=O)(=O)c1ccc(S(=O)(=O)N2CCCc3ccc(CC(=O)c4c(F)ccc(F)c4Cl)cc32)cc1. The molecule has 35 heavy (non-hydrogen) atoms. The Balaban J connectivity index is 1.68. The summed E-state index contributed by atoms with van der Waals surface area (Å²) in [7, 11) is -7.52. The van der Waals surface area contributed by atoms with Gasteiger partial charge in [-0.05, 0) is 66.4 Å². The summed E-state index contributed by atoms with van der Waals surface area (Å²) < 4.78 is 79.3. The van der Waals surface area contributed by atoms with Crippen molar-refractivity contribution in [3.8, 4) is 0 Å². The van der Waals surface area contributed by atoms with E-state index in [1.807, 2.05) is 0 Å². The molecule has 0 unspecified atom stereocenters. The highest BCUT2D eigenvalue weighted by molar-refractivity contribution is 7.93. The molecule has 0 radical (unpaired) electrons. The molecule has 0 fully saturated rings. The van der Waals surface area contributed by atoms with Crippen molar-refractivity contribution in [2.75, 3.05) is 17.1 Å². The van der Waals surface area contributed by atoms with Crippen molar-refractivity contribution >= 4 is 42.9 Å². The van der Waals surface area contributed by atoms with E-state index in [0.717, 1.165) is 24.0 Å². The summed E-state index contributed by atoms with van der Waals surface area (Å²) in [5.74, 6) is -2.60. The van der Waals surface area contributed by atoms with Crippen LogP contribution in [0.4, 0.5) is 14.5 Å². The van der Waals surface area contributed by atoms with Crippen molar-refractivity contribution in [2.24, 2.45) is 0 Å². The highest BCUT2D eigenvalue weighted by Crippen LogP contribution is 2.34. The quantitative estimate of drug-likeness (QED) is 0.338. The van der Waals surface area contributed by atoms with Gasteiger partial charge >= 0.3 is 0 Å². The standard InChI is InChI=1S/C24H20ClF2NO5S2/c1-34(30,31)17-6-8-18(9-7-17)35(32,33)28-12-2-3-16-5-4-15(13-21(16)28)14-22(29)23-19(26)10-11-20(27)24(23)25/h4-11,13H,2-3,12,14H2,1H3. The van der Waals surface area contributed by atoms with Crippen molar-refractivity contribution in [2.45, 2.75) is 29.1 Å². The van der Waals surface area contributed by atoms with Crippen LogP contribution < -0.4 is 4.31 Å². The lowest BCUT2D eigenvalue weighted by Gasteiger charge is -2.31. The molecule has 0 spiro atoms. The van der Waals surface area contributed by atoms with Crippen molar-refractivity contribution in [1.82, 2.24) is 0 Å². The maximum atomic E-state index is 14.2. The van der Waals surface area contributed by atoms with E-state index in [2.05, 4.69) is 0 Å². The minimum atomic E-state index is -4.03. The minimum absolute atomic E-state index is 0.000431. The Morgan fingerprint density at radius 1 is 0.943 bits per heavy atom. The Bertz CT molecular complexity index is 1540. The fraction of sp³-hybridized carbons (Fsp3) is 0.208. The van der Waals surface area contributed by atoms with Gasteiger partial charge in [-0.3, -0.25) is 9.10 Å². The first-order chi connectivity index (χ1) is 16.4. The van der Waals surface area contributed by atoms with Gasteiger partial charge in [-0.15, -0.1) is 0 Å². The first-order valence-electron chi connectivity index (χ1n) is 10.5. The third kappa shape index (κ3) is 4.96. The fourth-order valence-corrected chi connectivity index (χ4v) is 6.41. The first kappa shape index (κ1) is 25.3. The maximum Gasteiger partial charge on any atom is 0.264 e. The highest BCUT2D eigenvalue weighted by atomic mass is 35.5. The van der Waals surface area contributed by atoms with Crippen LogP contribution in [0, 0.1) is 11.6 Å². The number of anilines is 1. The van der Waals surface area contributed by atoms with Crippen LogP contribution in [0.15, 0.2) is 64.4 Å². The van der Waals surface area contributed by atoms with Crippen molar-refractivity contribution in [1.29, 1.82) is 0 Å². The number of ketones is 1. The van der Waals surface area contributed by atoms with E-state index in [-0.39, 0.29) is 22.8 Å². The molecule has 0 atom stereocenters. The number of sulfonamides is 1. The third-order valence-corrected chi connectivity index (χ3v) is 9.08. The van der Waals surface area contributed by atoms with Gasteiger partial charge in [0.1, 0.15) is 11.6 Å². The van der Waals surface area contributed by atoms with Crippen molar-refractivity contribution < 1.29 is 30.4 Å². The Morgan fingerprint density at radius 2 is 1.57 bits per heavy atom. The summed E-state index contributed by atoms with van der Waals surface area (Å²) in [6, 6.07) is 11.5. The molecular formula is C24H20ClF2NO5S2. The van der Waals surface area contributed by atoms with Gasteiger partial charge in [-0.1, -0.05) is 23.7 Å². The van der Waals surface area contributed by atoms with Crippen molar-refractivity contribution in [3.05, 3.63) is 87.9 Å². The number of hydrogen-bond donors (Lipinski definition) is 0. The van der Waals surface area contributed by atoms with Gasteiger partial charge in [-0.2, -0.15) is 0 Å². The Hall–Kier alpha value is -2.82. The normalized spacial score (nSPS) is 14.0. The Kier molecular flexibility index (Phi) is 6.74. The zero-order valence-corrected chi connectivity index (χ0v) is 20.9. The lowest BCUT2D eigenvalue weighted by molar-refractivity contribution is 0.0988. The second-order valence-electron chi connectivity index (χ2n) is 8.21. The van der Waals surface area contributed by atoms with Crippen LogP contribution in [0.2, 0.25) is 5.02 Å². The molecule has 0 aromatic heterocycles. The second-order valence-corrected chi connectivity index (χ2v) is 12.5. The molecule has 0 amide bonds. The molecule has 0 saturated heterocycles. The molecule has 3 aromatic carbocycles. The number of rotatable bonds is 6. The third-order valence-electron chi connectivity index (χ3n) is 5.75. The number of benzene rings is 3. The average Bonchev–Trinajstić information content (AvgIpc) is 2.80. The molecule has 1 aliphatic rings. The molecule has 6 nitrogen and oxygen atoms in total. The molecule has 184 valence electrons. The van der Waals surface area contributed by atoms with E-state index in [0.29, 0.717) is 24.1 Å². The van der Waals surface area contributed by atoms with Gasteiger partial charge in [0.15, 0.2) is 15.6 Å². The van der Waals surface area contributed by atoms with Crippen LogP contribution in [0.3, 0.4) is 0 Å². The van der Waals surface area contributed by atoms with Gasteiger partial charge in [0.2, 0.25) is 0 Å². The van der Waals surface area contributed by atoms with Gasteiger partial charge in [0, 0.05) is 19.2 Å². The molecule has 4 rings (SSSR count). The van der Waals surface area contributed by atoms with Gasteiger partial charge in [-0.25, -0.2) is 25.6 Å². The van der Waals surface area contributed by atoms with Crippen LogP contribution in [-0.2, 0) is 32.7 Å². The molecule has 0 saturated carbocycles. The number of Topliss-reactive ketones (excluding diaryl/α,β-unsaturated/α-hetero) is 1.